The van der Waals surface area contributed by atoms with Gasteiger partial charge in [0, 0.05) is 11.9 Å². The summed E-state index contributed by atoms with van der Waals surface area (Å²) in [4.78, 5) is 23.6. The summed E-state index contributed by atoms with van der Waals surface area (Å²) in [6.07, 6.45) is 3.03. The summed E-state index contributed by atoms with van der Waals surface area (Å²) in [7, 11) is 0. The Morgan fingerprint density at radius 3 is 2.77 bits per heavy atom. The molecule has 0 saturated carbocycles. The van der Waals surface area contributed by atoms with E-state index in [0.29, 0.717) is 16.9 Å². The van der Waals surface area contributed by atoms with Gasteiger partial charge in [-0.05, 0) is 24.3 Å². The van der Waals surface area contributed by atoms with Crippen LogP contribution in [0.25, 0.3) is 5.65 Å². The molecule has 0 bridgehead atoms. The van der Waals surface area contributed by atoms with E-state index in [4.69, 9.17) is 4.74 Å². The molecule has 0 aliphatic carbocycles. The van der Waals surface area contributed by atoms with E-state index in [1.165, 1.54) is 6.33 Å². The molecule has 3 rings (SSSR count). The zero-order valence-corrected chi connectivity index (χ0v) is 11.5. The van der Waals surface area contributed by atoms with Crippen LogP contribution in [0.2, 0.25) is 0 Å². The molecule has 0 aliphatic rings. The third kappa shape index (κ3) is 3.09. The number of hydrogen-bond acceptors (Lipinski definition) is 5. The standard InChI is InChI=1S/C15H12N4O3/c20-14(17-12-4-2-1-3-5-12)9-22-15(21)11-6-7-13-18-16-10-19(13)8-11/h1-8,10H,9H2,(H,17,20). The fourth-order valence-corrected chi connectivity index (χ4v) is 1.88. The van der Waals surface area contributed by atoms with Crippen LogP contribution in [0.4, 0.5) is 5.69 Å². The minimum absolute atomic E-state index is 0.319. The summed E-state index contributed by atoms with van der Waals surface area (Å²) in [5.74, 6) is -0.983. The summed E-state index contributed by atoms with van der Waals surface area (Å²) in [6.45, 7) is -0.353. The van der Waals surface area contributed by atoms with Gasteiger partial charge in [0.1, 0.15) is 6.33 Å². The molecule has 7 nitrogen and oxygen atoms in total. The van der Waals surface area contributed by atoms with Crippen molar-refractivity contribution in [2.24, 2.45) is 0 Å². The Kier molecular flexibility index (Phi) is 3.78. The molecule has 3 aromatic rings. The molecule has 2 heterocycles. The van der Waals surface area contributed by atoms with Gasteiger partial charge in [-0.1, -0.05) is 18.2 Å². The second-order valence-corrected chi connectivity index (χ2v) is 4.50. The number of rotatable bonds is 4. The number of carbonyl (C=O) groups is 2. The molecular formula is C15H12N4O3. The van der Waals surface area contributed by atoms with Crippen molar-refractivity contribution in [1.29, 1.82) is 0 Å². The zero-order chi connectivity index (χ0) is 15.4. The molecule has 110 valence electrons. The number of fused-ring (bicyclic) bond motifs is 1. The van der Waals surface area contributed by atoms with Crippen molar-refractivity contribution in [3.63, 3.8) is 0 Å². The largest absolute Gasteiger partial charge is 0.452 e. The number of nitrogens with one attached hydrogen (secondary N) is 1. The molecule has 0 aliphatic heterocycles. The minimum atomic E-state index is -0.584. The molecular weight excluding hydrogens is 284 g/mol. The normalized spacial score (nSPS) is 10.4. The van der Waals surface area contributed by atoms with Crippen molar-refractivity contribution in [3.05, 3.63) is 60.6 Å². The smallest absolute Gasteiger partial charge is 0.340 e. The van der Waals surface area contributed by atoms with Crippen molar-refractivity contribution in [1.82, 2.24) is 14.6 Å². The minimum Gasteiger partial charge on any atom is -0.452 e. The maximum absolute atomic E-state index is 11.9. The van der Waals surface area contributed by atoms with Gasteiger partial charge < -0.3 is 10.1 Å². The molecule has 0 radical (unpaired) electrons. The van der Waals surface area contributed by atoms with Crippen LogP contribution in [0.15, 0.2) is 55.0 Å². The number of esters is 1. The maximum atomic E-state index is 11.9. The third-order valence-electron chi connectivity index (χ3n) is 2.92. The highest BCUT2D eigenvalue weighted by Crippen LogP contribution is 2.07. The molecule has 0 unspecified atom stereocenters. The van der Waals surface area contributed by atoms with Crippen LogP contribution in [0, 0.1) is 0 Å². The molecule has 0 atom stereocenters. The van der Waals surface area contributed by atoms with Crippen LogP contribution >= 0.6 is 0 Å². The summed E-state index contributed by atoms with van der Waals surface area (Å²) in [5.41, 5.74) is 1.59. The fraction of sp³-hybridized carbons (Fsp3) is 0.0667. The van der Waals surface area contributed by atoms with Gasteiger partial charge >= 0.3 is 5.97 Å². The van der Waals surface area contributed by atoms with Gasteiger partial charge in [0.05, 0.1) is 5.56 Å². The number of aromatic nitrogens is 3. The first-order valence-electron chi connectivity index (χ1n) is 6.54. The van der Waals surface area contributed by atoms with Crippen LogP contribution in [0.3, 0.4) is 0 Å². The van der Waals surface area contributed by atoms with Gasteiger partial charge in [0.15, 0.2) is 12.3 Å². The van der Waals surface area contributed by atoms with E-state index in [9.17, 15) is 9.59 Å². The van der Waals surface area contributed by atoms with Gasteiger partial charge in [0.2, 0.25) is 0 Å². The molecule has 0 spiro atoms. The van der Waals surface area contributed by atoms with Crippen molar-refractivity contribution < 1.29 is 14.3 Å². The third-order valence-corrected chi connectivity index (χ3v) is 2.92. The van der Waals surface area contributed by atoms with E-state index in [2.05, 4.69) is 15.5 Å². The zero-order valence-electron chi connectivity index (χ0n) is 11.5. The fourth-order valence-electron chi connectivity index (χ4n) is 1.88. The Morgan fingerprint density at radius 2 is 1.95 bits per heavy atom. The number of anilines is 1. The molecule has 0 fully saturated rings. The van der Waals surface area contributed by atoms with E-state index in [0.717, 1.165) is 0 Å². The number of ether oxygens (including phenoxy) is 1. The molecule has 1 amide bonds. The van der Waals surface area contributed by atoms with Crippen LogP contribution < -0.4 is 5.32 Å². The Morgan fingerprint density at radius 1 is 1.14 bits per heavy atom. The van der Waals surface area contributed by atoms with Crippen LogP contribution in [0.1, 0.15) is 10.4 Å². The molecule has 2 aromatic heterocycles. The lowest BCUT2D eigenvalue weighted by atomic mass is 10.3. The highest BCUT2D eigenvalue weighted by atomic mass is 16.5. The lowest BCUT2D eigenvalue weighted by Gasteiger charge is -2.06. The number of hydrogen-bond donors (Lipinski definition) is 1. The maximum Gasteiger partial charge on any atom is 0.340 e. The lowest BCUT2D eigenvalue weighted by molar-refractivity contribution is -0.119. The average Bonchev–Trinajstić information content (AvgIpc) is 3.01. The van der Waals surface area contributed by atoms with Gasteiger partial charge in [-0.15, -0.1) is 10.2 Å². The van der Waals surface area contributed by atoms with Crippen molar-refractivity contribution >= 4 is 23.2 Å². The van der Waals surface area contributed by atoms with Gasteiger partial charge in [-0.3, -0.25) is 9.20 Å². The highest BCUT2D eigenvalue weighted by molar-refractivity contribution is 5.95. The molecule has 1 N–H and O–H groups in total. The summed E-state index contributed by atoms with van der Waals surface area (Å²) in [5, 5.41) is 10.2. The Balaban J connectivity index is 1.58. The van der Waals surface area contributed by atoms with Gasteiger partial charge in [0.25, 0.3) is 5.91 Å². The van der Waals surface area contributed by atoms with Crippen LogP contribution in [-0.2, 0) is 9.53 Å². The number of nitrogens with zero attached hydrogens (tertiary/aromatic N) is 3. The second kappa shape index (κ2) is 6.04. The quantitative estimate of drug-likeness (QED) is 0.738. The van der Waals surface area contributed by atoms with Crippen LogP contribution in [0.5, 0.6) is 0 Å². The summed E-state index contributed by atoms with van der Waals surface area (Å²) < 4.78 is 6.58. The topological polar surface area (TPSA) is 85.6 Å². The molecule has 22 heavy (non-hydrogen) atoms. The van der Waals surface area contributed by atoms with E-state index in [1.54, 1.807) is 47.0 Å². The number of amides is 1. The van der Waals surface area contributed by atoms with Crippen molar-refractivity contribution in [3.8, 4) is 0 Å². The van der Waals surface area contributed by atoms with Gasteiger partial charge in [-0.2, -0.15) is 0 Å². The number of carbonyl (C=O) groups excluding carboxylic acids is 2. The number of para-hydroxylation sites is 1. The first-order valence-corrected chi connectivity index (χ1v) is 6.54. The summed E-state index contributed by atoms with van der Waals surface area (Å²) >= 11 is 0. The highest BCUT2D eigenvalue weighted by Gasteiger charge is 2.11. The van der Waals surface area contributed by atoms with Gasteiger partial charge in [-0.25, -0.2) is 4.79 Å². The van der Waals surface area contributed by atoms with E-state index in [-0.39, 0.29) is 6.61 Å². The monoisotopic (exact) mass is 296 g/mol. The first kappa shape index (κ1) is 13.7. The number of benzene rings is 1. The predicted molar refractivity (Wildman–Crippen MR) is 78.3 cm³/mol. The second-order valence-electron chi connectivity index (χ2n) is 4.50. The average molecular weight is 296 g/mol. The SMILES string of the molecule is O=C(COC(=O)c1ccc2nncn2c1)Nc1ccccc1. The molecule has 0 saturated heterocycles. The lowest BCUT2D eigenvalue weighted by Crippen LogP contribution is -2.21. The van der Waals surface area contributed by atoms with E-state index >= 15 is 0 Å². The molecule has 1 aromatic carbocycles. The van der Waals surface area contributed by atoms with Crippen LogP contribution in [-0.4, -0.2) is 33.1 Å². The first-order chi connectivity index (χ1) is 10.7. The predicted octanol–water partition coefficient (Wildman–Crippen LogP) is 1.52. The Hall–Kier alpha value is -3.22. The van der Waals surface area contributed by atoms with Crippen molar-refractivity contribution in [2.75, 3.05) is 11.9 Å². The number of pyridine rings is 1. The van der Waals surface area contributed by atoms with E-state index < -0.39 is 11.9 Å². The Bertz CT molecular complexity index is 814. The van der Waals surface area contributed by atoms with E-state index in [1.807, 2.05) is 6.07 Å². The summed E-state index contributed by atoms with van der Waals surface area (Å²) in [6, 6.07) is 12.2. The molecule has 7 heteroatoms. The van der Waals surface area contributed by atoms with Crippen molar-refractivity contribution in [2.45, 2.75) is 0 Å². The Labute approximate surface area is 125 Å².